The second-order valence-electron chi connectivity index (χ2n) is 5.39. The van der Waals surface area contributed by atoms with Crippen molar-refractivity contribution in [1.82, 2.24) is 15.6 Å². The third kappa shape index (κ3) is 5.19. The summed E-state index contributed by atoms with van der Waals surface area (Å²) >= 11 is 0. The van der Waals surface area contributed by atoms with Crippen molar-refractivity contribution in [2.75, 3.05) is 20.1 Å². The summed E-state index contributed by atoms with van der Waals surface area (Å²) < 4.78 is 0. The predicted molar refractivity (Wildman–Crippen MR) is 106 cm³/mol. The fourth-order valence-electron chi connectivity index (χ4n) is 2.43. The standard InChI is InChI=1S/C17H26N4.HI/c1-4-5-9-19-17(18-3)20-10-8-14-12-21-16-11-13(2)6-7-15(14)16;/h6-7,11-12,21H,4-5,8-10H2,1-3H3,(H2,18,19,20);1H. The topological polar surface area (TPSA) is 52.2 Å². The highest BCUT2D eigenvalue weighted by atomic mass is 127. The van der Waals surface area contributed by atoms with Crippen molar-refractivity contribution < 1.29 is 0 Å². The summed E-state index contributed by atoms with van der Waals surface area (Å²) in [5, 5.41) is 8.01. The van der Waals surface area contributed by atoms with Crippen molar-refractivity contribution in [3.63, 3.8) is 0 Å². The zero-order valence-electron chi connectivity index (χ0n) is 13.7. The molecule has 0 saturated carbocycles. The molecule has 0 radical (unpaired) electrons. The number of halogens is 1. The Hall–Kier alpha value is -1.24. The lowest BCUT2D eigenvalue weighted by Gasteiger charge is -2.11. The summed E-state index contributed by atoms with van der Waals surface area (Å²) in [4.78, 5) is 7.59. The average Bonchev–Trinajstić information content (AvgIpc) is 2.88. The Bertz CT molecular complexity index is 604. The van der Waals surface area contributed by atoms with Gasteiger partial charge in [-0.05, 0) is 37.0 Å². The number of benzene rings is 1. The number of rotatable bonds is 6. The maximum absolute atomic E-state index is 4.24. The van der Waals surface area contributed by atoms with Gasteiger partial charge in [-0.25, -0.2) is 0 Å². The molecule has 0 unspecified atom stereocenters. The Morgan fingerprint density at radius 1 is 1.23 bits per heavy atom. The number of fused-ring (bicyclic) bond motifs is 1. The third-order valence-corrected chi connectivity index (χ3v) is 3.66. The van der Waals surface area contributed by atoms with Gasteiger partial charge in [0.25, 0.3) is 0 Å². The van der Waals surface area contributed by atoms with E-state index in [0.717, 1.165) is 25.5 Å². The summed E-state index contributed by atoms with van der Waals surface area (Å²) in [6.45, 7) is 6.17. The molecule has 0 aliphatic rings. The Morgan fingerprint density at radius 3 is 2.73 bits per heavy atom. The molecule has 0 aliphatic heterocycles. The van der Waals surface area contributed by atoms with E-state index >= 15 is 0 Å². The number of aliphatic imine (C=N–C) groups is 1. The lowest BCUT2D eigenvalue weighted by atomic mass is 10.1. The third-order valence-electron chi connectivity index (χ3n) is 3.66. The van der Waals surface area contributed by atoms with E-state index in [1.54, 1.807) is 0 Å². The van der Waals surface area contributed by atoms with Gasteiger partial charge in [0.2, 0.25) is 0 Å². The van der Waals surface area contributed by atoms with E-state index in [0.29, 0.717) is 0 Å². The lowest BCUT2D eigenvalue weighted by Crippen LogP contribution is -2.38. The molecule has 1 aromatic heterocycles. The number of H-pyrrole nitrogens is 1. The molecule has 1 heterocycles. The quantitative estimate of drug-likeness (QED) is 0.293. The van der Waals surface area contributed by atoms with Gasteiger partial charge in [0.05, 0.1) is 0 Å². The van der Waals surface area contributed by atoms with Crippen LogP contribution in [0.1, 0.15) is 30.9 Å². The van der Waals surface area contributed by atoms with Crippen LogP contribution in [0.4, 0.5) is 0 Å². The van der Waals surface area contributed by atoms with Gasteiger partial charge in [-0.2, -0.15) is 0 Å². The first-order chi connectivity index (χ1) is 10.2. The summed E-state index contributed by atoms with van der Waals surface area (Å²) in [5.74, 6) is 0.888. The van der Waals surface area contributed by atoms with Crippen LogP contribution in [0.15, 0.2) is 29.4 Å². The summed E-state index contributed by atoms with van der Waals surface area (Å²) in [6, 6.07) is 6.56. The van der Waals surface area contributed by atoms with Crippen LogP contribution in [-0.4, -0.2) is 31.1 Å². The molecule has 22 heavy (non-hydrogen) atoms. The van der Waals surface area contributed by atoms with Gasteiger partial charge in [-0.3, -0.25) is 4.99 Å². The highest BCUT2D eigenvalue weighted by Crippen LogP contribution is 2.19. The minimum Gasteiger partial charge on any atom is -0.361 e. The van der Waals surface area contributed by atoms with Gasteiger partial charge in [0.1, 0.15) is 0 Å². The molecule has 122 valence electrons. The van der Waals surface area contributed by atoms with Gasteiger partial charge in [-0.15, -0.1) is 24.0 Å². The summed E-state index contributed by atoms with van der Waals surface area (Å²) in [6.07, 6.45) is 5.46. The van der Waals surface area contributed by atoms with Crippen molar-refractivity contribution >= 4 is 40.8 Å². The number of aromatic nitrogens is 1. The van der Waals surface area contributed by atoms with Gasteiger partial charge in [0.15, 0.2) is 5.96 Å². The van der Waals surface area contributed by atoms with E-state index in [9.17, 15) is 0 Å². The van der Waals surface area contributed by atoms with Crippen molar-refractivity contribution in [3.05, 3.63) is 35.5 Å². The summed E-state index contributed by atoms with van der Waals surface area (Å²) in [7, 11) is 1.82. The lowest BCUT2D eigenvalue weighted by molar-refractivity contribution is 0.727. The van der Waals surface area contributed by atoms with E-state index in [4.69, 9.17) is 0 Å². The molecule has 0 amide bonds. The van der Waals surface area contributed by atoms with Crippen molar-refractivity contribution in [3.8, 4) is 0 Å². The number of hydrogen-bond donors (Lipinski definition) is 3. The Balaban J connectivity index is 0.00000242. The first-order valence-electron chi connectivity index (χ1n) is 7.75. The second-order valence-corrected chi connectivity index (χ2v) is 5.39. The molecule has 1 aromatic carbocycles. The molecule has 0 saturated heterocycles. The molecule has 4 nitrogen and oxygen atoms in total. The van der Waals surface area contributed by atoms with Crippen LogP contribution >= 0.6 is 24.0 Å². The fraction of sp³-hybridized carbons (Fsp3) is 0.471. The number of aromatic amines is 1. The average molecular weight is 414 g/mol. The van der Waals surface area contributed by atoms with Crippen LogP contribution < -0.4 is 10.6 Å². The number of aryl methyl sites for hydroxylation is 1. The van der Waals surface area contributed by atoms with E-state index in [2.05, 4.69) is 58.9 Å². The van der Waals surface area contributed by atoms with Gasteiger partial charge in [0, 0.05) is 37.2 Å². The monoisotopic (exact) mass is 414 g/mol. The number of hydrogen-bond acceptors (Lipinski definition) is 1. The smallest absolute Gasteiger partial charge is 0.190 e. The van der Waals surface area contributed by atoms with Gasteiger partial charge < -0.3 is 15.6 Å². The minimum atomic E-state index is 0. The number of nitrogens with one attached hydrogen (secondary N) is 3. The molecule has 3 N–H and O–H groups in total. The highest BCUT2D eigenvalue weighted by molar-refractivity contribution is 14.0. The van der Waals surface area contributed by atoms with Crippen LogP contribution in [-0.2, 0) is 6.42 Å². The Labute approximate surface area is 150 Å². The first kappa shape index (κ1) is 18.8. The van der Waals surface area contributed by atoms with Gasteiger partial charge in [-0.1, -0.05) is 25.5 Å². The minimum absolute atomic E-state index is 0. The van der Waals surface area contributed by atoms with E-state index < -0.39 is 0 Å². The van der Waals surface area contributed by atoms with Crippen LogP contribution in [0.3, 0.4) is 0 Å². The van der Waals surface area contributed by atoms with Crippen molar-refractivity contribution in [2.24, 2.45) is 4.99 Å². The number of unbranched alkanes of at least 4 members (excludes halogenated alkanes) is 1. The van der Waals surface area contributed by atoms with E-state index in [1.807, 2.05) is 7.05 Å². The Morgan fingerprint density at radius 2 is 2.00 bits per heavy atom. The number of nitrogens with zero attached hydrogens (tertiary/aromatic N) is 1. The van der Waals surface area contributed by atoms with Crippen LogP contribution in [0.25, 0.3) is 10.9 Å². The molecule has 5 heteroatoms. The first-order valence-corrected chi connectivity index (χ1v) is 7.75. The van der Waals surface area contributed by atoms with Crippen molar-refractivity contribution in [2.45, 2.75) is 33.1 Å². The Kier molecular flexibility index (Phi) is 8.30. The molecular weight excluding hydrogens is 387 g/mol. The summed E-state index contributed by atoms with van der Waals surface area (Å²) in [5.41, 5.74) is 3.85. The van der Waals surface area contributed by atoms with E-state index in [1.165, 1.54) is 34.9 Å². The maximum atomic E-state index is 4.24. The molecule has 0 atom stereocenters. The molecule has 0 bridgehead atoms. The molecule has 0 aliphatic carbocycles. The van der Waals surface area contributed by atoms with Crippen LogP contribution in [0, 0.1) is 6.92 Å². The molecule has 2 aromatic rings. The predicted octanol–water partition coefficient (Wildman–Crippen LogP) is 3.60. The zero-order chi connectivity index (χ0) is 15.1. The van der Waals surface area contributed by atoms with Crippen molar-refractivity contribution in [1.29, 1.82) is 0 Å². The molecule has 0 spiro atoms. The largest absolute Gasteiger partial charge is 0.361 e. The normalized spacial score (nSPS) is 11.3. The molecule has 0 fully saturated rings. The molecular formula is C17H27IN4. The highest BCUT2D eigenvalue weighted by Gasteiger charge is 2.04. The van der Waals surface area contributed by atoms with E-state index in [-0.39, 0.29) is 24.0 Å². The van der Waals surface area contributed by atoms with Crippen LogP contribution in [0.2, 0.25) is 0 Å². The fourth-order valence-corrected chi connectivity index (χ4v) is 2.43. The van der Waals surface area contributed by atoms with Gasteiger partial charge >= 0.3 is 0 Å². The maximum Gasteiger partial charge on any atom is 0.190 e. The number of guanidine groups is 1. The zero-order valence-corrected chi connectivity index (χ0v) is 16.0. The SMILES string of the molecule is CCCCNC(=NC)NCCc1c[nH]c2cc(C)ccc12.I. The van der Waals surface area contributed by atoms with Crippen LogP contribution in [0.5, 0.6) is 0 Å². The second kappa shape index (κ2) is 9.71. The molecule has 2 rings (SSSR count).